The molecule has 0 aromatic carbocycles. The Labute approximate surface area is 104 Å². The summed E-state index contributed by atoms with van der Waals surface area (Å²) in [6, 6.07) is 2.13. The molecule has 0 radical (unpaired) electrons. The van der Waals surface area contributed by atoms with Crippen molar-refractivity contribution in [1.82, 2.24) is 9.78 Å². The van der Waals surface area contributed by atoms with Crippen LogP contribution in [-0.2, 0) is 0 Å². The molecule has 0 unspecified atom stereocenters. The largest absolute Gasteiger partial charge is 0.478 e. The molecule has 0 atom stereocenters. The molecule has 4 nitrogen and oxygen atoms in total. The van der Waals surface area contributed by atoms with Crippen LogP contribution in [0.1, 0.15) is 35.8 Å². The number of carboxylic acids is 1. The minimum atomic E-state index is -0.931. The molecule has 0 spiro atoms. The van der Waals surface area contributed by atoms with Gasteiger partial charge >= 0.3 is 5.97 Å². The van der Waals surface area contributed by atoms with Crippen LogP contribution in [0, 0.1) is 6.92 Å². The Morgan fingerprint density at radius 1 is 1.53 bits per heavy atom. The van der Waals surface area contributed by atoms with Crippen LogP contribution in [0.2, 0.25) is 0 Å². The van der Waals surface area contributed by atoms with Crippen LogP contribution in [0.25, 0.3) is 10.6 Å². The fraction of sp³-hybridized carbons (Fsp3) is 0.333. The van der Waals surface area contributed by atoms with Crippen LogP contribution >= 0.6 is 11.3 Å². The van der Waals surface area contributed by atoms with Crippen molar-refractivity contribution in [3.05, 3.63) is 28.8 Å². The van der Waals surface area contributed by atoms with Gasteiger partial charge in [0.05, 0.1) is 4.88 Å². The molecule has 5 heteroatoms. The van der Waals surface area contributed by atoms with E-state index in [9.17, 15) is 9.90 Å². The second-order valence-corrected chi connectivity index (χ2v) is 5.12. The zero-order chi connectivity index (χ0) is 12.6. The van der Waals surface area contributed by atoms with Crippen LogP contribution in [0.3, 0.4) is 0 Å². The van der Waals surface area contributed by atoms with Gasteiger partial charge in [0.2, 0.25) is 0 Å². The maximum absolute atomic E-state index is 11.2. The topological polar surface area (TPSA) is 55.1 Å². The minimum Gasteiger partial charge on any atom is -0.478 e. The summed E-state index contributed by atoms with van der Waals surface area (Å²) in [6.07, 6.45) is 1.60. The van der Waals surface area contributed by atoms with E-state index in [1.54, 1.807) is 10.9 Å². The highest BCUT2D eigenvalue weighted by atomic mass is 32.1. The first-order valence-corrected chi connectivity index (χ1v) is 6.25. The summed E-state index contributed by atoms with van der Waals surface area (Å²) in [7, 11) is 0. The summed E-state index contributed by atoms with van der Waals surface area (Å²) in [4.78, 5) is 12.1. The van der Waals surface area contributed by atoms with Gasteiger partial charge in [-0.05, 0) is 37.8 Å². The van der Waals surface area contributed by atoms with Crippen molar-refractivity contribution in [2.24, 2.45) is 0 Å². The lowest BCUT2D eigenvalue weighted by molar-refractivity contribution is 0.0697. The van der Waals surface area contributed by atoms with Crippen LogP contribution in [-0.4, -0.2) is 20.9 Å². The van der Waals surface area contributed by atoms with Gasteiger partial charge < -0.3 is 5.11 Å². The Hall–Kier alpha value is -1.62. The van der Waals surface area contributed by atoms with E-state index in [4.69, 9.17) is 0 Å². The van der Waals surface area contributed by atoms with E-state index < -0.39 is 5.97 Å². The van der Waals surface area contributed by atoms with Crippen LogP contribution < -0.4 is 0 Å². The maximum Gasteiger partial charge on any atom is 0.339 e. The maximum atomic E-state index is 11.2. The Bertz CT molecular complexity index is 555. The van der Waals surface area contributed by atoms with Crippen LogP contribution in [0.15, 0.2) is 17.6 Å². The van der Waals surface area contributed by atoms with E-state index in [0.29, 0.717) is 5.69 Å². The lowest BCUT2D eigenvalue weighted by atomic mass is 10.2. The summed E-state index contributed by atoms with van der Waals surface area (Å²) in [5.41, 5.74) is 1.90. The monoisotopic (exact) mass is 250 g/mol. The molecule has 2 heterocycles. The summed E-state index contributed by atoms with van der Waals surface area (Å²) in [5.74, 6) is -0.931. The van der Waals surface area contributed by atoms with Gasteiger partial charge in [0.15, 0.2) is 0 Å². The van der Waals surface area contributed by atoms with Crippen molar-refractivity contribution < 1.29 is 9.90 Å². The molecule has 1 N–H and O–H groups in total. The number of aromatic nitrogens is 2. The fourth-order valence-corrected chi connectivity index (χ4v) is 2.52. The zero-order valence-electron chi connectivity index (χ0n) is 9.97. The van der Waals surface area contributed by atoms with Gasteiger partial charge in [0.25, 0.3) is 0 Å². The third-order valence-electron chi connectivity index (χ3n) is 2.57. The standard InChI is InChI=1S/C12H14N2O2S/c1-7(2)14-6-9(12(15)16)10(13-14)11-8(3)4-5-17-11/h4-7H,1-3H3,(H,15,16). The second kappa shape index (κ2) is 4.33. The number of thiophene rings is 1. The molecular weight excluding hydrogens is 236 g/mol. The molecule has 0 bridgehead atoms. The minimum absolute atomic E-state index is 0.155. The van der Waals surface area contributed by atoms with Gasteiger partial charge in [0.1, 0.15) is 11.3 Å². The third-order valence-corrected chi connectivity index (χ3v) is 3.59. The molecule has 2 aromatic heterocycles. The highest BCUT2D eigenvalue weighted by Crippen LogP contribution is 2.31. The SMILES string of the molecule is Cc1ccsc1-c1nn(C(C)C)cc1C(=O)O. The molecular formula is C12H14N2O2S. The van der Waals surface area contributed by atoms with E-state index in [0.717, 1.165) is 10.4 Å². The first-order valence-electron chi connectivity index (χ1n) is 5.37. The Balaban J connectivity index is 2.60. The lowest BCUT2D eigenvalue weighted by Gasteiger charge is -2.03. The number of nitrogens with zero attached hydrogens (tertiary/aromatic N) is 2. The third kappa shape index (κ3) is 2.10. The number of rotatable bonds is 3. The van der Waals surface area contributed by atoms with Crippen molar-refractivity contribution in [1.29, 1.82) is 0 Å². The van der Waals surface area contributed by atoms with Crippen molar-refractivity contribution in [3.63, 3.8) is 0 Å². The summed E-state index contributed by atoms with van der Waals surface area (Å²) < 4.78 is 1.69. The smallest absolute Gasteiger partial charge is 0.339 e. The molecule has 0 amide bonds. The Morgan fingerprint density at radius 3 is 2.71 bits per heavy atom. The Kier molecular flexibility index (Phi) is 3.02. The summed E-state index contributed by atoms with van der Waals surface area (Å²) >= 11 is 1.52. The van der Waals surface area contributed by atoms with Crippen molar-refractivity contribution in [2.75, 3.05) is 0 Å². The van der Waals surface area contributed by atoms with E-state index >= 15 is 0 Å². The first kappa shape index (κ1) is 11.9. The molecule has 0 saturated carbocycles. The highest BCUT2D eigenvalue weighted by molar-refractivity contribution is 7.13. The van der Waals surface area contributed by atoms with Crippen molar-refractivity contribution in [3.8, 4) is 10.6 Å². The van der Waals surface area contributed by atoms with Gasteiger partial charge in [-0.3, -0.25) is 4.68 Å². The fourth-order valence-electron chi connectivity index (χ4n) is 1.60. The highest BCUT2D eigenvalue weighted by Gasteiger charge is 2.20. The van der Waals surface area contributed by atoms with E-state index in [2.05, 4.69) is 5.10 Å². The predicted molar refractivity (Wildman–Crippen MR) is 67.6 cm³/mol. The summed E-state index contributed by atoms with van der Waals surface area (Å²) in [5, 5.41) is 15.5. The number of carboxylic acid groups (broad SMARTS) is 1. The van der Waals surface area contributed by atoms with Gasteiger partial charge in [-0.15, -0.1) is 11.3 Å². The molecule has 0 fully saturated rings. The normalized spacial score (nSPS) is 11.1. The number of aryl methyl sites for hydroxylation is 1. The summed E-state index contributed by atoms with van der Waals surface area (Å²) in [6.45, 7) is 5.92. The molecule has 0 aliphatic carbocycles. The molecule has 0 saturated heterocycles. The van der Waals surface area contributed by atoms with Crippen LogP contribution in [0.5, 0.6) is 0 Å². The lowest BCUT2D eigenvalue weighted by Crippen LogP contribution is -2.00. The van der Waals surface area contributed by atoms with Gasteiger partial charge in [0, 0.05) is 12.2 Å². The van der Waals surface area contributed by atoms with Gasteiger partial charge in [-0.2, -0.15) is 5.10 Å². The van der Waals surface area contributed by atoms with E-state index in [1.165, 1.54) is 11.3 Å². The number of hydrogen-bond donors (Lipinski definition) is 1. The molecule has 2 rings (SSSR count). The average molecular weight is 250 g/mol. The molecule has 90 valence electrons. The zero-order valence-corrected chi connectivity index (χ0v) is 10.8. The Morgan fingerprint density at radius 2 is 2.24 bits per heavy atom. The average Bonchev–Trinajstić information content (AvgIpc) is 2.82. The second-order valence-electron chi connectivity index (χ2n) is 4.20. The molecule has 17 heavy (non-hydrogen) atoms. The molecule has 0 aliphatic rings. The predicted octanol–water partition coefficient (Wildman–Crippen LogP) is 3.20. The van der Waals surface area contributed by atoms with Crippen LogP contribution in [0.4, 0.5) is 0 Å². The number of aromatic carboxylic acids is 1. The first-order chi connectivity index (χ1) is 8.00. The van der Waals surface area contributed by atoms with Gasteiger partial charge in [-0.25, -0.2) is 4.79 Å². The molecule has 0 aliphatic heterocycles. The number of hydrogen-bond acceptors (Lipinski definition) is 3. The molecule has 2 aromatic rings. The van der Waals surface area contributed by atoms with Gasteiger partial charge in [-0.1, -0.05) is 0 Å². The van der Waals surface area contributed by atoms with Crippen molar-refractivity contribution >= 4 is 17.3 Å². The quantitative estimate of drug-likeness (QED) is 0.910. The van der Waals surface area contributed by atoms with E-state index in [1.807, 2.05) is 32.2 Å². The number of carbonyl (C=O) groups is 1. The van der Waals surface area contributed by atoms with E-state index in [-0.39, 0.29) is 11.6 Å². The van der Waals surface area contributed by atoms with Crippen molar-refractivity contribution in [2.45, 2.75) is 26.8 Å².